The minimum Gasteiger partial charge on any atom is -0.497 e. The van der Waals surface area contributed by atoms with Crippen molar-refractivity contribution < 1.29 is 14.3 Å². The smallest absolute Gasteiger partial charge is 0.247 e. The third kappa shape index (κ3) is 3.31. The SMILES string of the molecule is COc1ccc(CC(=O)N(N)C(N)=S)c(OC)c1. The van der Waals surface area contributed by atoms with Crippen LogP contribution >= 0.6 is 12.2 Å². The van der Waals surface area contributed by atoms with E-state index in [4.69, 9.17) is 21.1 Å². The molecule has 18 heavy (non-hydrogen) atoms. The number of thiocarbonyl (C=S) groups is 1. The Kier molecular flexibility index (Phi) is 4.87. The lowest BCUT2D eigenvalue weighted by Crippen LogP contribution is -2.46. The molecule has 7 heteroatoms. The topological polar surface area (TPSA) is 90.8 Å². The van der Waals surface area contributed by atoms with Crippen LogP contribution < -0.4 is 21.1 Å². The second kappa shape index (κ2) is 6.18. The van der Waals surface area contributed by atoms with Gasteiger partial charge in [0.2, 0.25) is 5.91 Å². The zero-order chi connectivity index (χ0) is 13.7. The highest BCUT2D eigenvalue weighted by molar-refractivity contribution is 7.80. The van der Waals surface area contributed by atoms with Gasteiger partial charge in [-0.2, -0.15) is 0 Å². The Hall–Kier alpha value is -1.86. The first-order valence-corrected chi connectivity index (χ1v) is 5.48. The van der Waals surface area contributed by atoms with Gasteiger partial charge < -0.3 is 15.2 Å². The fraction of sp³-hybridized carbons (Fsp3) is 0.273. The lowest BCUT2D eigenvalue weighted by molar-refractivity contribution is -0.126. The van der Waals surface area contributed by atoms with Crippen LogP contribution in [0.5, 0.6) is 11.5 Å². The number of ether oxygens (including phenoxy) is 2. The molecule has 0 bridgehead atoms. The van der Waals surface area contributed by atoms with Crippen LogP contribution in [0.3, 0.4) is 0 Å². The Balaban J connectivity index is 2.90. The van der Waals surface area contributed by atoms with Crippen LogP contribution in [0.25, 0.3) is 0 Å². The number of rotatable bonds is 4. The first kappa shape index (κ1) is 14.2. The lowest BCUT2D eigenvalue weighted by atomic mass is 10.1. The highest BCUT2D eigenvalue weighted by atomic mass is 32.1. The van der Waals surface area contributed by atoms with Gasteiger partial charge in [-0.25, -0.2) is 10.9 Å². The molecule has 0 aliphatic heterocycles. The highest BCUT2D eigenvalue weighted by Crippen LogP contribution is 2.25. The summed E-state index contributed by atoms with van der Waals surface area (Å²) in [5.41, 5.74) is 5.94. The third-order valence-corrected chi connectivity index (χ3v) is 2.54. The molecule has 0 fully saturated rings. The summed E-state index contributed by atoms with van der Waals surface area (Å²) < 4.78 is 10.2. The number of amides is 1. The van der Waals surface area contributed by atoms with Gasteiger partial charge in [0, 0.05) is 11.6 Å². The number of hydrazine groups is 1. The molecule has 0 radical (unpaired) electrons. The molecule has 0 spiro atoms. The molecule has 1 rings (SSSR count). The first-order valence-electron chi connectivity index (χ1n) is 5.07. The Morgan fingerprint density at radius 2 is 2.06 bits per heavy atom. The number of hydrogen-bond acceptors (Lipinski definition) is 5. The van der Waals surface area contributed by atoms with Crippen LogP contribution in [0.15, 0.2) is 18.2 Å². The number of nitrogens with zero attached hydrogens (tertiary/aromatic N) is 1. The minimum atomic E-state index is -0.411. The van der Waals surface area contributed by atoms with E-state index in [1.165, 1.54) is 7.11 Å². The average molecular weight is 269 g/mol. The van der Waals surface area contributed by atoms with Crippen molar-refractivity contribution in [1.82, 2.24) is 5.01 Å². The summed E-state index contributed by atoms with van der Waals surface area (Å²) in [5, 5.41) is 0.561. The molecule has 0 unspecified atom stereocenters. The zero-order valence-corrected chi connectivity index (χ0v) is 11.0. The molecule has 1 aromatic carbocycles. The largest absolute Gasteiger partial charge is 0.497 e. The maximum atomic E-state index is 11.7. The summed E-state index contributed by atoms with van der Waals surface area (Å²) in [7, 11) is 3.06. The Morgan fingerprint density at radius 1 is 1.39 bits per heavy atom. The third-order valence-electron chi connectivity index (χ3n) is 2.34. The minimum absolute atomic E-state index is 0.0427. The predicted octanol–water partition coefficient (Wildman–Crippen LogP) is 0.192. The number of methoxy groups -OCH3 is 2. The number of carbonyl (C=O) groups excluding carboxylic acids is 1. The van der Waals surface area contributed by atoms with Gasteiger partial charge in [-0.05, 0) is 18.3 Å². The molecule has 0 aliphatic carbocycles. The second-order valence-corrected chi connectivity index (χ2v) is 3.87. The van der Waals surface area contributed by atoms with E-state index in [9.17, 15) is 4.79 Å². The standard InChI is InChI=1S/C11H15N3O3S/c1-16-8-4-3-7(9(6-8)17-2)5-10(15)14(13)11(12)18/h3-4,6H,5,13H2,1-2H3,(H2,12,18). The summed E-state index contributed by atoms with van der Waals surface area (Å²) in [5.74, 6) is 6.18. The quantitative estimate of drug-likeness (QED) is 0.351. The van der Waals surface area contributed by atoms with Crippen molar-refractivity contribution >= 4 is 23.2 Å². The van der Waals surface area contributed by atoms with E-state index in [0.717, 1.165) is 5.01 Å². The van der Waals surface area contributed by atoms with Crippen molar-refractivity contribution in [2.45, 2.75) is 6.42 Å². The Bertz CT molecular complexity index is 465. The van der Waals surface area contributed by atoms with E-state index in [1.54, 1.807) is 25.3 Å². The van der Waals surface area contributed by atoms with Crippen molar-refractivity contribution in [1.29, 1.82) is 0 Å². The second-order valence-electron chi connectivity index (χ2n) is 3.46. The van der Waals surface area contributed by atoms with Crippen LogP contribution in [0.2, 0.25) is 0 Å². The van der Waals surface area contributed by atoms with Gasteiger partial charge in [0.1, 0.15) is 11.5 Å². The lowest BCUT2D eigenvalue weighted by Gasteiger charge is -2.15. The van der Waals surface area contributed by atoms with Gasteiger partial charge in [-0.15, -0.1) is 0 Å². The van der Waals surface area contributed by atoms with E-state index in [2.05, 4.69) is 12.2 Å². The van der Waals surface area contributed by atoms with Crippen LogP contribution in [0, 0.1) is 0 Å². The molecule has 0 heterocycles. The number of nitrogens with two attached hydrogens (primary N) is 2. The van der Waals surface area contributed by atoms with Gasteiger partial charge >= 0.3 is 0 Å². The van der Waals surface area contributed by atoms with E-state index < -0.39 is 5.91 Å². The van der Waals surface area contributed by atoms with Crippen molar-refractivity contribution in [3.05, 3.63) is 23.8 Å². The summed E-state index contributed by atoms with van der Waals surface area (Å²) in [6.45, 7) is 0. The van der Waals surface area contributed by atoms with E-state index in [0.29, 0.717) is 17.1 Å². The fourth-order valence-corrected chi connectivity index (χ4v) is 1.47. The number of carbonyl (C=O) groups is 1. The molecule has 0 aliphatic rings. The van der Waals surface area contributed by atoms with Gasteiger partial charge in [-0.3, -0.25) is 4.79 Å². The maximum absolute atomic E-state index is 11.7. The molecule has 4 N–H and O–H groups in total. The molecule has 1 aromatic rings. The fourth-order valence-electron chi connectivity index (χ4n) is 1.37. The molecule has 98 valence electrons. The molecule has 0 aromatic heterocycles. The van der Waals surface area contributed by atoms with Crippen LogP contribution in [0.4, 0.5) is 0 Å². The van der Waals surface area contributed by atoms with Crippen molar-refractivity contribution in [2.75, 3.05) is 14.2 Å². The number of benzene rings is 1. The van der Waals surface area contributed by atoms with Crippen LogP contribution in [-0.4, -0.2) is 30.2 Å². The first-order chi connectivity index (χ1) is 8.49. The molecule has 1 amide bonds. The normalized spacial score (nSPS) is 9.72. The van der Waals surface area contributed by atoms with Crippen molar-refractivity contribution in [2.24, 2.45) is 11.6 Å². The zero-order valence-electron chi connectivity index (χ0n) is 10.2. The maximum Gasteiger partial charge on any atom is 0.247 e. The summed E-state index contributed by atoms with van der Waals surface area (Å²) in [4.78, 5) is 11.7. The monoisotopic (exact) mass is 269 g/mol. The predicted molar refractivity (Wildman–Crippen MR) is 71.1 cm³/mol. The van der Waals surface area contributed by atoms with Crippen LogP contribution in [-0.2, 0) is 11.2 Å². The van der Waals surface area contributed by atoms with E-state index >= 15 is 0 Å². The summed E-state index contributed by atoms with van der Waals surface area (Å²) in [6.07, 6.45) is 0.0427. The van der Waals surface area contributed by atoms with Crippen molar-refractivity contribution in [3.8, 4) is 11.5 Å². The molecular weight excluding hydrogens is 254 g/mol. The van der Waals surface area contributed by atoms with Gasteiger partial charge in [0.25, 0.3) is 0 Å². The van der Waals surface area contributed by atoms with Crippen LogP contribution in [0.1, 0.15) is 5.56 Å². The van der Waals surface area contributed by atoms with Gasteiger partial charge in [-0.1, -0.05) is 6.07 Å². The summed E-state index contributed by atoms with van der Waals surface area (Å²) in [6, 6.07) is 5.14. The molecule has 0 saturated heterocycles. The van der Waals surface area contributed by atoms with Gasteiger partial charge in [0.05, 0.1) is 20.6 Å². The average Bonchev–Trinajstić information content (AvgIpc) is 2.37. The van der Waals surface area contributed by atoms with E-state index in [-0.39, 0.29) is 11.5 Å². The van der Waals surface area contributed by atoms with E-state index in [1.807, 2.05) is 0 Å². The number of hydrogen-bond donors (Lipinski definition) is 2. The molecule has 0 saturated carbocycles. The Morgan fingerprint density at radius 3 is 2.56 bits per heavy atom. The Labute approximate surface area is 110 Å². The summed E-state index contributed by atoms with van der Waals surface area (Å²) >= 11 is 4.62. The highest BCUT2D eigenvalue weighted by Gasteiger charge is 2.15. The molecular formula is C11H15N3O3S. The van der Waals surface area contributed by atoms with Gasteiger partial charge in [0.15, 0.2) is 5.11 Å². The molecule has 0 atom stereocenters. The molecule has 6 nitrogen and oxygen atoms in total. The van der Waals surface area contributed by atoms with Crippen molar-refractivity contribution in [3.63, 3.8) is 0 Å².